The molecule has 1 aliphatic heterocycles. The minimum absolute atomic E-state index is 0.0114. The number of nitrogens with two attached hydrogens (primary N) is 1. The van der Waals surface area contributed by atoms with Gasteiger partial charge in [-0.2, -0.15) is 4.98 Å². The van der Waals surface area contributed by atoms with Gasteiger partial charge in [-0.1, -0.05) is 6.07 Å². The molecule has 0 aromatic carbocycles. The van der Waals surface area contributed by atoms with E-state index in [1.54, 1.807) is 0 Å². The molecule has 4 rings (SSSR count). The molecule has 3 aromatic rings. The van der Waals surface area contributed by atoms with Crippen LogP contribution in [-0.4, -0.2) is 50.4 Å². The minimum Gasteiger partial charge on any atom is -0.469 e. The summed E-state index contributed by atoms with van der Waals surface area (Å²) in [7, 11) is 1.28. The van der Waals surface area contributed by atoms with Crippen LogP contribution in [0.25, 0.3) is 11.2 Å². The maximum absolute atomic E-state index is 13.4. The van der Waals surface area contributed by atoms with Crippen LogP contribution in [0.1, 0.15) is 30.9 Å². The first-order valence-corrected chi connectivity index (χ1v) is 10.4. The van der Waals surface area contributed by atoms with E-state index in [9.17, 15) is 14.4 Å². The van der Waals surface area contributed by atoms with E-state index in [-0.39, 0.29) is 24.4 Å². The zero-order valence-electron chi connectivity index (χ0n) is 16.9. The van der Waals surface area contributed by atoms with Crippen molar-refractivity contribution in [2.24, 2.45) is 0 Å². The summed E-state index contributed by atoms with van der Waals surface area (Å²) in [6, 6.07) is 3.81. The van der Waals surface area contributed by atoms with Gasteiger partial charge in [-0.25, -0.2) is 14.3 Å². The van der Waals surface area contributed by atoms with Crippen LogP contribution in [0, 0.1) is 0 Å². The van der Waals surface area contributed by atoms with Crippen LogP contribution in [0.15, 0.2) is 28.5 Å². The molecule has 2 N–H and O–H groups in total. The first kappa shape index (κ1) is 21.0. The van der Waals surface area contributed by atoms with Crippen molar-refractivity contribution in [3.63, 3.8) is 0 Å². The number of rotatable bonds is 6. The fraction of sp³-hybridized carbons (Fsp3) is 0.421. The molecule has 0 aliphatic carbocycles. The highest BCUT2D eigenvalue weighted by Crippen LogP contribution is 2.34. The molecular weight excluding hydrogens is 426 g/mol. The predicted molar refractivity (Wildman–Crippen MR) is 110 cm³/mol. The Hall–Kier alpha value is -3.25. The first-order valence-electron chi connectivity index (χ1n) is 9.52. The molecule has 3 atom stereocenters. The van der Waals surface area contributed by atoms with Crippen molar-refractivity contribution in [3.05, 3.63) is 39.1 Å². The first-order chi connectivity index (χ1) is 14.9. The number of anilines is 1. The summed E-state index contributed by atoms with van der Waals surface area (Å²) >= 11 is 1.51. The van der Waals surface area contributed by atoms with E-state index in [1.807, 2.05) is 17.5 Å². The van der Waals surface area contributed by atoms with Gasteiger partial charge < -0.3 is 19.9 Å². The highest BCUT2D eigenvalue weighted by atomic mass is 32.1. The van der Waals surface area contributed by atoms with E-state index >= 15 is 0 Å². The number of aromatic nitrogens is 4. The van der Waals surface area contributed by atoms with Gasteiger partial charge in [0.1, 0.15) is 11.6 Å². The van der Waals surface area contributed by atoms with Crippen LogP contribution in [0.5, 0.6) is 0 Å². The second-order valence-corrected chi connectivity index (χ2v) is 8.10. The topological polar surface area (TPSA) is 141 Å². The van der Waals surface area contributed by atoms with E-state index in [2.05, 4.69) is 9.97 Å². The van der Waals surface area contributed by atoms with Gasteiger partial charge in [-0.3, -0.25) is 14.2 Å². The maximum atomic E-state index is 13.4. The normalized spacial score (nSPS) is 20.8. The van der Waals surface area contributed by atoms with E-state index in [0.717, 1.165) is 4.88 Å². The van der Waals surface area contributed by atoms with Crippen molar-refractivity contribution < 1.29 is 23.8 Å². The fourth-order valence-electron chi connectivity index (χ4n) is 3.67. The molecule has 164 valence electrons. The Morgan fingerprint density at radius 2 is 2.23 bits per heavy atom. The lowest BCUT2D eigenvalue weighted by atomic mass is 10.1. The lowest BCUT2D eigenvalue weighted by Crippen LogP contribution is -2.33. The Morgan fingerprint density at radius 1 is 1.42 bits per heavy atom. The number of thiophene rings is 1. The molecule has 0 saturated carbocycles. The average molecular weight is 447 g/mol. The van der Waals surface area contributed by atoms with Crippen molar-refractivity contribution >= 4 is 40.4 Å². The van der Waals surface area contributed by atoms with Crippen molar-refractivity contribution in [2.75, 3.05) is 12.8 Å². The fourth-order valence-corrected chi connectivity index (χ4v) is 4.37. The van der Waals surface area contributed by atoms with Gasteiger partial charge in [0.15, 0.2) is 11.9 Å². The zero-order chi connectivity index (χ0) is 22.1. The standard InChI is InChI=1S/C19H21N5O6S/c1-10(25)29-14-6-11(7-15(26)28-2)30-17(14)24-16-13(8-21-18(20)22-16)23(19(24)27)9-12-4-3-5-31-12/h3-5,8,11,14,17H,6-7,9H2,1-2H3,(H2,20,21,22)/t11-,14+,17+/m0/s1. The smallest absolute Gasteiger partial charge is 0.333 e. The van der Waals surface area contributed by atoms with E-state index in [4.69, 9.17) is 19.9 Å². The third-order valence-electron chi connectivity index (χ3n) is 4.96. The molecule has 0 bridgehead atoms. The number of esters is 2. The number of nitrogens with zero attached hydrogens (tertiary/aromatic N) is 4. The van der Waals surface area contributed by atoms with E-state index < -0.39 is 36.1 Å². The second kappa shape index (κ2) is 8.47. The van der Waals surface area contributed by atoms with Gasteiger partial charge in [0.2, 0.25) is 5.95 Å². The van der Waals surface area contributed by atoms with Gasteiger partial charge in [-0.15, -0.1) is 11.3 Å². The van der Waals surface area contributed by atoms with E-state index in [1.165, 1.54) is 40.7 Å². The highest BCUT2D eigenvalue weighted by molar-refractivity contribution is 7.09. The summed E-state index contributed by atoms with van der Waals surface area (Å²) in [6.45, 7) is 1.58. The molecule has 1 fully saturated rings. The number of hydrogen-bond donors (Lipinski definition) is 1. The number of fused-ring (bicyclic) bond motifs is 1. The van der Waals surface area contributed by atoms with Crippen LogP contribution in [-0.2, 0) is 30.3 Å². The number of imidazole rings is 1. The molecule has 0 unspecified atom stereocenters. The molecule has 0 radical (unpaired) electrons. The summed E-state index contributed by atoms with van der Waals surface area (Å²) in [5, 5.41) is 1.92. The molecular formula is C19H21N5O6S. The van der Waals surface area contributed by atoms with Gasteiger partial charge >= 0.3 is 17.6 Å². The quantitative estimate of drug-likeness (QED) is 0.549. The summed E-state index contributed by atoms with van der Waals surface area (Å²) < 4.78 is 18.9. The largest absolute Gasteiger partial charge is 0.469 e. The summed E-state index contributed by atoms with van der Waals surface area (Å²) in [6.07, 6.45) is -0.697. The molecule has 3 aromatic heterocycles. The molecule has 0 spiro atoms. The van der Waals surface area contributed by atoms with Gasteiger partial charge in [-0.05, 0) is 11.4 Å². The summed E-state index contributed by atoms with van der Waals surface area (Å²) in [4.78, 5) is 46.1. The van der Waals surface area contributed by atoms with Crippen molar-refractivity contribution in [2.45, 2.75) is 44.7 Å². The number of nitrogen functional groups attached to an aromatic ring is 1. The Labute approximate surface area is 180 Å². The Bertz CT molecular complexity index is 1170. The van der Waals surface area contributed by atoms with Gasteiger partial charge in [0, 0.05) is 18.2 Å². The van der Waals surface area contributed by atoms with Crippen molar-refractivity contribution in [1.29, 1.82) is 0 Å². The number of methoxy groups -OCH3 is 1. The Morgan fingerprint density at radius 3 is 2.90 bits per heavy atom. The number of carbonyl (C=O) groups excluding carboxylic acids is 2. The lowest BCUT2D eigenvalue weighted by Gasteiger charge is -2.19. The number of carbonyl (C=O) groups is 2. The Balaban J connectivity index is 1.80. The van der Waals surface area contributed by atoms with Crippen LogP contribution in [0.2, 0.25) is 0 Å². The molecule has 12 heteroatoms. The van der Waals surface area contributed by atoms with Crippen molar-refractivity contribution in [1.82, 2.24) is 19.1 Å². The van der Waals surface area contributed by atoms with Crippen LogP contribution < -0.4 is 11.4 Å². The summed E-state index contributed by atoms with van der Waals surface area (Å²) in [5.74, 6) is -1.00. The summed E-state index contributed by atoms with van der Waals surface area (Å²) in [5.41, 5.74) is 6.09. The van der Waals surface area contributed by atoms with Crippen LogP contribution in [0.3, 0.4) is 0 Å². The van der Waals surface area contributed by atoms with Gasteiger partial charge in [0.25, 0.3) is 0 Å². The molecule has 31 heavy (non-hydrogen) atoms. The number of hydrogen-bond acceptors (Lipinski definition) is 10. The highest BCUT2D eigenvalue weighted by Gasteiger charge is 2.42. The maximum Gasteiger partial charge on any atom is 0.333 e. The predicted octanol–water partition coefficient (Wildman–Crippen LogP) is 1.07. The van der Waals surface area contributed by atoms with Crippen LogP contribution >= 0.6 is 11.3 Å². The SMILES string of the molecule is COC(=O)C[C@@H]1C[C@@H](OC(C)=O)[C@H](n2c(=O)n(Cc3cccs3)c3cnc(N)nc32)O1. The minimum atomic E-state index is -0.979. The monoisotopic (exact) mass is 447 g/mol. The molecule has 1 saturated heterocycles. The Kier molecular flexibility index (Phi) is 5.74. The van der Waals surface area contributed by atoms with Crippen molar-refractivity contribution in [3.8, 4) is 0 Å². The van der Waals surface area contributed by atoms with E-state index in [0.29, 0.717) is 12.1 Å². The average Bonchev–Trinajstić information content (AvgIpc) is 3.42. The molecule has 1 aliphatic rings. The zero-order valence-corrected chi connectivity index (χ0v) is 17.7. The lowest BCUT2D eigenvalue weighted by molar-refractivity contribution is -0.153. The second-order valence-electron chi connectivity index (χ2n) is 7.07. The van der Waals surface area contributed by atoms with Gasteiger partial charge in [0.05, 0.1) is 32.4 Å². The molecule has 11 nitrogen and oxygen atoms in total. The number of ether oxygens (including phenoxy) is 3. The molecule has 4 heterocycles. The third-order valence-corrected chi connectivity index (χ3v) is 5.82. The van der Waals surface area contributed by atoms with Crippen LogP contribution in [0.4, 0.5) is 5.95 Å². The third kappa shape index (κ3) is 4.16. The molecule has 0 amide bonds.